The molecule has 2 aromatic heterocycles. The van der Waals surface area contributed by atoms with Gasteiger partial charge in [0.05, 0.1) is 17.1 Å². The third-order valence-electron chi connectivity index (χ3n) is 2.69. The highest BCUT2D eigenvalue weighted by molar-refractivity contribution is 6.01. The second-order valence-electron chi connectivity index (χ2n) is 4.07. The molecule has 2 rings (SSSR count). The zero-order chi connectivity index (χ0) is 12.4. The van der Waals surface area contributed by atoms with Crippen molar-refractivity contribution < 1.29 is 9.90 Å². The third kappa shape index (κ3) is 2.13. The highest BCUT2D eigenvalue weighted by Gasteiger charge is 2.14. The van der Waals surface area contributed by atoms with Crippen molar-refractivity contribution in [1.29, 1.82) is 0 Å². The average Bonchev–Trinajstić information content (AvgIpc) is 2.68. The van der Waals surface area contributed by atoms with Gasteiger partial charge >= 0.3 is 5.97 Å². The van der Waals surface area contributed by atoms with Gasteiger partial charge in [0.25, 0.3) is 0 Å². The Morgan fingerprint density at radius 3 is 2.94 bits per heavy atom. The van der Waals surface area contributed by atoms with Gasteiger partial charge in [0.15, 0.2) is 5.65 Å². The number of aromatic carboxylic acids is 1. The van der Waals surface area contributed by atoms with Gasteiger partial charge in [0.1, 0.15) is 0 Å². The predicted molar refractivity (Wildman–Crippen MR) is 64.1 cm³/mol. The zero-order valence-corrected chi connectivity index (χ0v) is 9.97. The van der Waals surface area contributed by atoms with Crippen LogP contribution in [0.5, 0.6) is 0 Å². The lowest BCUT2D eigenvalue weighted by atomic mass is 10.1. The molecule has 5 nitrogen and oxygen atoms in total. The molecular formula is C12H15N3O2. The van der Waals surface area contributed by atoms with Crippen LogP contribution in [0.3, 0.4) is 0 Å². The number of aromatic nitrogens is 3. The van der Waals surface area contributed by atoms with Gasteiger partial charge in [-0.15, -0.1) is 0 Å². The van der Waals surface area contributed by atoms with Crippen LogP contribution < -0.4 is 0 Å². The summed E-state index contributed by atoms with van der Waals surface area (Å²) < 4.78 is 1.78. The van der Waals surface area contributed by atoms with Crippen LogP contribution in [-0.4, -0.2) is 25.8 Å². The SMILES string of the molecule is CCCCn1ncc2c(C(=O)O)cc(C)nc21. The Balaban J connectivity index is 2.56. The Labute approximate surface area is 99.1 Å². The first-order valence-electron chi connectivity index (χ1n) is 5.70. The van der Waals surface area contributed by atoms with E-state index in [2.05, 4.69) is 17.0 Å². The second-order valence-corrected chi connectivity index (χ2v) is 4.07. The van der Waals surface area contributed by atoms with Crippen molar-refractivity contribution in [2.24, 2.45) is 0 Å². The predicted octanol–water partition coefficient (Wildman–Crippen LogP) is 2.24. The molecule has 0 radical (unpaired) electrons. The Bertz CT molecular complexity index is 560. The smallest absolute Gasteiger partial charge is 0.336 e. The summed E-state index contributed by atoms with van der Waals surface area (Å²) in [4.78, 5) is 15.5. The molecule has 0 saturated carbocycles. The monoisotopic (exact) mass is 233 g/mol. The van der Waals surface area contributed by atoms with Gasteiger partial charge in [-0.25, -0.2) is 14.5 Å². The number of pyridine rings is 1. The van der Waals surface area contributed by atoms with Crippen LogP contribution >= 0.6 is 0 Å². The van der Waals surface area contributed by atoms with E-state index in [0.29, 0.717) is 16.7 Å². The Morgan fingerprint density at radius 1 is 1.53 bits per heavy atom. The lowest BCUT2D eigenvalue weighted by molar-refractivity contribution is 0.0699. The summed E-state index contributed by atoms with van der Waals surface area (Å²) in [6.07, 6.45) is 3.66. The molecule has 2 aromatic rings. The van der Waals surface area contributed by atoms with E-state index in [1.165, 1.54) is 0 Å². The molecule has 0 fully saturated rings. The molecule has 0 bridgehead atoms. The number of hydrogen-bond donors (Lipinski definition) is 1. The van der Waals surface area contributed by atoms with Crippen LogP contribution in [-0.2, 0) is 6.54 Å². The number of rotatable bonds is 4. The number of carboxylic acids is 1. The minimum Gasteiger partial charge on any atom is -0.478 e. The summed E-state index contributed by atoms with van der Waals surface area (Å²) in [5.74, 6) is -0.935. The Morgan fingerprint density at radius 2 is 2.29 bits per heavy atom. The van der Waals surface area contributed by atoms with Gasteiger partial charge in [-0.1, -0.05) is 13.3 Å². The zero-order valence-electron chi connectivity index (χ0n) is 9.97. The first kappa shape index (κ1) is 11.6. The topological polar surface area (TPSA) is 68.0 Å². The number of unbranched alkanes of at least 4 members (excludes halogenated alkanes) is 1. The third-order valence-corrected chi connectivity index (χ3v) is 2.69. The molecule has 0 aliphatic heterocycles. The summed E-state index contributed by atoms with van der Waals surface area (Å²) in [5, 5.41) is 13.9. The molecule has 90 valence electrons. The van der Waals surface area contributed by atoms with Crippen molar-refractivity contribution >= 4 is 17.0 Å². The summed E-state index contributed by atoms with van der Waals surface area (Å²) in [5.41, 5.74) is 1.64. The molecule has 0 aliphatic carbocycles. The largest absolute Gasteiger partial charge is 0.478 e. The quantitative estimate of drug-likeness (QED) is 0.879. The number of aryl methyl sites for hydroxylation is 2. The average molecular weight is 233 g/mol. The van der Waals surface area contributed by atoms with Crippen molar-refractivity contribution in [2.45, 2.75) is 33.2 Å². The van der Waals surface area contributed by atoms with Gasteiger partial charge < -0.3 is 5.11 Å². The summed E-state index contributed by atoms with van der Waals surface area (Å²) in [6, 6.07) is 1.58. The van der Waals surface area contributed by atoms with Crippen molar-refractivity contribution in [3.05, 3.63) is 23.5 Å². The number of fused-ring (bicyclic) bond motifs is 1. The molecule has 0 aromatic carbocycles. The van der Waals surface area contributed by atoms with Gasteiger partial charge in [-0.05, 0) is 19.4 Å². The molecule has 0 saturated heterocycles. The summed E-state index contributed by atoms with van der Waals surface area (Å²) >= 11 is 0. The molecule has 0 aliphatic rings. The van der Waals surface area contributed by atoms with E-state index >= 15 is 0 Å². The highest BCUT2D eigenvalue weighted by atomic mass is 16.4. The Kier molecular flexibility index (Phi) is 3.08. The van der Waals surface area contributed by atoms with E-state index in [0.717, 1.165) is 19.4 Å². The van der Waals surface area contributed by atoms with Crippen LogP contribution in [0.2, 0.25) is 0 Å². The lowest BCUT2D eigenvalue weighted by Crippen LogP contribution is -2.03. The molecule has 0 amide bonds. The van der Waals surface area contributed by atoms with Crippen LogP contribution in [0.1, 0.15) is 35.8 Å². The first-order valence-corrected chi connectivity index (χ1v) is 5.70. The fourth-order valence-electron chi connectivity index (χ4n) is 1.82. The maximum absolute atomic E-state index is 11.1. The molecule has 17 heavy (non-hydrogen) atoms. The van der Waals surface area contributed by atoms with Crippen LogP contribution in [0, 0.1) is 6.92 Å². The molecule has 1 N–H and O–H groups in total. The minimum absolute atomic E-state index is 0.273. The van der Waals surface area contributed by atoms with E-state index in [-0.39, 0.29) is 5.56 Å². The molecule has 0 atom stereocenters. The fraction of sp³-hybridized carbons (Fsp3) is 0.417. The number of nitrogens with zero attached hydrogens (tertiary/aromatic N) is 3. The normalized spacial score (nSPS) is 10.9. The van der Waals surface area contributed by atoms with Crippen LogP contribution in [0.15, 0.2) is 12.3 Å². The van der Waals surface area contributed by atoms with Gasteiger partial charge in [-0.3, -0.25) is 0 Å². The maximum atomic E-state index is 11.1. The highest BCUT2D eigenvalue weighted by Crippen LogP contribution is 2.18. The fourth-order valence-corrected chi connectivity index (χ4v) is 1.82. The molecule has 5 heteroatoms. The first-order chi connectivity index (χ1) is 8.13. The molecular weight excluding hydrogens is 218 g/mol. The van der Waals surface area contributed by atoms with Gasteiger partial charge in [0.2, 0.25) is 0 Å². The van der Waals surface area contributed by atoms with Crippen LogP contribution in [0.4, 0.5) is 0 Å². The summed E-state index contributed by atoms with van der Waals surface area (Å²) in [6.45, 7) is 4.67. The van der Waals surface area contributed by atoms with Crippen LogP contribution in [0.25, 0.3) is 11.0 Å². The summed E-state index contributed by atoms with van der Waals surface area (Å²) in [7, 11) is 0. The number of hydrogen-bond acceptors (Lipinski definition) is 3. The second kappa shape index (κ2) is 4.53. The molecule has 2 heterocycles. The lowest BCUT2D eigenvalue weighted by Gasteiger charge is -2.03. The van der Waals surface area contributed by atoms with Crippen molar-refractivity contribution in [2.75, 3.05) is 0 Å². The van der Waals surface area contributed by atoms with E-state index < -0.39 is 5.97 Å². The standard InChI is InChI=1S/C12H15N3O2/c1-3-4-5-15-11-10(7-13-15)9(12(16)17)6-8(2)14-11/h6-7H,3-5H2,1-2H3,(H,16,17). The van der Waals surface area contributed by atoms with Gasteiger partial charge in [-0.2, -0.15) is 5.10 Å². The Hall–Kier alpha value is -1.91. The van der Waals surface area contributed by atoms with Crippen molar-refractivity contribution in [3.63, 3.8) is 0 Å². The minimum atomic E-state index is -0.935. The number of carboxylic acid groups (broad SMARTS) is 1. The maximum Gasteiger partial charge on any atom is 0.336 e. The van der Waals surface area contributed by atoms with Crippen molar-refractivity contribution in [3.8, 4) is 0 Å². The van der Waals surface area contributed by atoms with E-state index in [1.54, 1.807) is 23.9 Å². The van der Waals surface area contributed by atoms with Crippen molar-refractivity contribution in [1.82, 2.24) is 14.8 Å². The molecule has 0 unspecified atom stereocenters. The molecule has 0 spiro atoms. The number of carbonyl (C=O) groups is 1. The van der Waals surface area contributed by atoms with E-state index in [1.807, 2.05) is 0 Å². The van der Waals surface area contributed by atoms with Gasteiger partial charge in [0, 0.05) is 12.2 Å². The van der Waals surface area contributed by atoms with E-state index in [9.17, 15) is 4.79 Å². The van der Waals surface area contributed by atoms with E-state index in [4.69, 9.17) is 5.11 Å².